The predicted molar refractivity (Wildman–Crippen MR) is 64.9 cm³/mol. The Bertz CT molecular complexity index is 311. The maximum Gasteiger partial charge on any atom is 0.126 e. The van der Waals surface area contributed by atoms with Crippen LogP contribution >= 0.6 is 0 Å². The first-order chi connectivity index (χ1) is 7.69. The molecule has 2 unspecified atom stereocenters. The number of halogens is 1. The van der Waals surface area contributed by atoms with Crippen LogP contribution < -0.4 is 0 Å². The molecule has 2 heteroatoms. The molecule has 0 spiro atoms. The van der Waals surface area contributed by atoms with Gasteiger partial charge in [-0.05, 0) is 24.0 Å². The van der Waals surface area contributed by atoms with Crippen LogP contribution in [0.2, 0.25) is 0 Å². The van der Waals surface area contributed by atoms with E-state index in [4.69, 9.17) is 0 Å². The Kier molecular flexibility index (Phi) is 5.47. The van der Waals surface area contributed by atoms with E-state index in [2.05, 4.69) is 13.8 Å². The standard InChI is InChI=1S/C14H21FO/c1-3-6-11(2)9-12(10-16)13-7-4-5-8-14(13)15/h4-5,7-8,11-12,16H,3,6,9-10H2,1-2H3. The first kappa shape index (κ1) is 13.2. The van der Waals surface area contributed by atoms with E-state index in [0.29, 0.717) is 11.5 Å². The van der Waals surface area contributed by atoms with Crippen molar-refractivity contribution in [2.75, 3.05) is 6.61 Å². The van der Waals surface area contributed by atoms with Crippen molar-refractivity contribution in [1.82, 2.24) is 0 Å². The van der Waals surface area contributed by atoms with Crippen LogP contribution in [0.5, 0.6) is 0 Å². The highest BCUT2D eigenvalue weighted by atomic mass is 19.1. The van der Waals surface area contributed by atoms with Crippen LogP contribution in [0.15, 0.2) is 24.3 Å². The summed E-state index contributed by atoms with van der Waals surface area (Å²) in [6.45, 7) is 4.33. The van der Waals surface area contributed by atoms with Gasteiger partial charge < -0.3 is 5.11 Å². The summed E-state index contributed by atoms with van der Waals surface area (Å²) >= 11 is 0. The molecular weight excluding hydrogens is 203 g/mol. The molecule has 90 valence electrons. The smallest absolute Gasteiger partial charge is 0.126 e. The van der Waals surface area contributed by atoms with E-state index in [-0.39, 0.29) is 18.3 Å². The van der Waals surface area contributed by atoms with Crippen molar-refractivity contribution in [2.45, 2.75) is 39.0 Å². The molecule has 0 aliphatic rings. The van der Waals surface area contributed by atoms with Crippen LogP contribution in [0.25, 0.3) is 0 Å². The lowest BCUT2D eigenvalue weighted by Gasteiger charge is -2.19. The normalized spacial score (nSPS) is 14.8. The number of benzene rings is 1. The van der Waals surface area contributed by atoms with Gasteiger partial charge in [0.15, 0.2) is 0 Å². The first-order valence-electron chi connectivity index (χ1n) is 6.04. The molecule has 1 aromatic carbocycles. The molecular formula is C14H21FO. The van der Waals surface area contributed by atoms with Crippen molar-refractivity contribution in [1.29, 1.82) is 0 Å². The van der Waals surface area contributed by atoms with Crippen molar-refractivity contribution >= 4 is 0 Å². The summed E-state index contributed by atoms with van der Waals surface area (Å²) in [5, 5.41) is 9.35. The van der Waals surface area contributed by atoms with Crippen molar-refractivity contribution in [2.24, 2.45) is 5.92 Å². The number of aliphatic hydroxyl groups is 1. The largest absolute Gasteiger partial charge is 0.396 e. The van der Waals surface area contributed by atoms with E-state index in [1.54, 1.807) is 12.1 Å². The first-order valence-corrected chi connectivity index (χ1v) is 6.04. The molecule has 1 nitrogen and oxygen atoms in total. The Balaban J connectivity index is 2.71. The average molecular weight is 224 g/mol. The van der Waals surface area contributed by atoms with E-state index in [9.17, 15) is 9.50 Å². The predicted octanol–water partition coefficient (Wildman–Crippen LogP) is 3.73. The fraction of sp³-hybridized carbons (Fsp3) is 0.571. The highest BCUT2D eigenvalue weighted by Crippen LogP contribution is 2.27. The Hall–Kier alpha value is -0.890. The van der Waals surface area contributed by atoms with Crippen LogP contribution in [0.1, 0.15) is 44.6 Å². The molecule has 1 rings (SSSR count). The molecule has 0 heterocycles. The quantitative estimate of drug-likeness (QED) is 0.780. The second kappa shape index (κ2) is 6.64. The monoisotopic (exact) mass is 224 g/mol. The third kappa shape index (κ3) is 3.60. The molecule has 0 radical (unpaired) electrons. The van der Waals surface area contributed by atoms with Gasteiger partial charge in [-0.15, -0.1) is 0 Å². The molecule has 0 bridgehead atoms. The lowest BCUT2D eigenvalue weighted by atomic mass is 9.88. The lowest BCUT2D eigenvalue weighted by Crippen LogP contribution is -2.10. The SMILES string of the molecule is CCCC(C)CC(CO)c1ccccc1F. The Morgan fingerprint density at radius 3 is 2.56 bits per heavy atom. The second-order valence-electron chi connectivity index (χ2n) is 4.53. The van der Waals surface area contributed by atoms with Gasteiger partial charge in [0.1, 0.15) is 5.82 Å². The fourth-order valence-corrected chi connectivity index (χ4v) is 2.20. The third-order valence-electron chi connectivity index (χ3n) is 3.03. The molecule has 0 aliphatic heterocycles. The molecule has 2 atom stereocenters. The number of hydrogen-bond acceptors (Lipinski definition) is 1. The maximum absolute atomic E-state index is 13.6. The van der Waals surface area contributed by atoms with Gasteiger partial charge in [0.05, 0.1) is 6.61 Å². The third-order valence-corrected chi connectivity index (χ3v) is 3.03. The summed E-state index contributed by atoms with van der Waals surface area (Å²) in [5.74, 6) is 0.259. The molecule has 1 N–H and O–H groups in total. The second-order valence-corrected chi connectivity index (χ2v) is 4.53. The van der Waals surface area contributed by atoms with Gasteiger partial charge in [-0.3, -0.25) is 0 Å². The molecule has 0 fully saturated rings. The highest BCUT2D eigenvalue weighted by Gasteiger charge is 2.17. The summed E-state index contributed by atoms with van der Waals surface area (Å²) in [4.78, 5) is 0. The minimum absolute atomic E-state index is 0.0228. The zero-order valence-corrected chi connectivity index (χ0v) is 10.1. The zero-order valence-electron chi connectivity index (χ0n) is 10.1. The Labute approximate surface area is 97.3 Å². The van der Waals surface area contributed by atoms with Crippen LogP contribution in [0.4, 0.5) is 4.39 Å². The van der Waals surface area contributed by atoms with Crippen molar-refractivity contribution in [3.63, 3.8) is 0 Å². The average Bonchev–Trinajstić information content (AvgIpc) is 2.27. The Morgan fingerprint density at radius 1 is 1.31 bits per heavy atom. The summed E-state index contributed by atoms with van der Waals surface area (Å²) in [6.07, 6.45) is 3.12. The lowest BCUT2D eigenvalue weighted by molar-refractivity contribution is 0.241. The van der Waals surface area contributed by atoms with Gasteiger partial charge in [0.25, 0.3) is 0 Å². The van der Waals surface area contributed by atoms with Crippen LogP contribution in [0.3, 0.4) is 0 Å². The van der Waals surface area contributed by atoms with Gasteiger partial charge >= 0.3 is 0 Å². The van der Waals surface area contributed by atoms with Gasteiger partial charge in [-0.1, -0.05) is 44.9 Å². The van der Waals surface area contributed by atoms with Gasteiger partial charge in [0.2, 0.25) is 0 Å². The molecule has 0 amide bonds. The van der Waals surface area contributed by atoms with Crippen molar-refractivity contribution in [3.8, 4) is 0 Å². The fourth-order valence-electron chi connectivity index (χ4n) is 2.20. The summed E-state index contributed by atoms with van der Waals surface area (Å²) in [6, 6.07) is 6.74. The maximum atomic E-state index is 13.6. The van der Waals surface area contributed by atoms with Gasteiger partial charge in [-0.2, -0.15) is 0 Å². The highest BCUT2D eigenvalue weighted by molar-refractivity contribution is 5.21. The van der Waals surface area contributed by atoms with Crippen molar-refractivity contribution < 1.29 is 9.50 Å². The van der Waals surface area contributed by atoms with E-state index < -0.39 is 0 Å². The molecule has 0 aliphatic carbocycles. The van der Waals surface area contributed by atoms with Gasteiger partial charge in [-0.25, -0.2) is 4.39 Å². The van der Waals surface area contributed by atoms with Crippen LogP contribution in [-0.2, 0) is 0 Å². The number of aliphatic hydroxyl groups excluding tert-OH is 1. The number of rotatable bonds is 6. The molecule has 16 heavy (non-hydrogen) atoms. The van der Waals surface area contributed by atoms with E-state index in [1.807, 2.05) is 6.07 Å². The molecule has 0 aromatic heterocycles. The minimum atomic E-state index is -0.203. The number of hydrogen-bond donors (Lipinski definition) is 1. The summed E-state index contributed by atoms with van der Waals surface area (Å²) in [7, 11) is 0. The zero-order chi connectivity index (χ0) is 12.0. The Morgan fingerprint density at radius 2 is 2.00 bits per heavy atom. The topological polar surface area (TPSA) is 20.2 Å². The van der Waals surface area contributed by atoms with Crippen LogP contribution in [0, 0.1) is 11.7 Å². The van der Waals surface area contributed by atoms with E-state index in [1.165, 1.54) is 6.07 Å². The van der Waals surface area contributed by atoms with Gasteiger partial charge in [0, 0.05) is 5.92 Å². The van der Waals surface area contributed by atoms with Crippen molar-refractivity contribution in [3.05, 3.63) is 35.6 Å². The molecule has 0 saturated heterocycles. The van der Waals surface area contributed by atoms with E-state index >= 15 is 0 Å². The molecule has 1 aromatic rings. The van der Waals surface area contributed by atoms with E-state index in [0.717, 1.165) is 19.3 Å². The van der Waals surface area contributed by atoms with Crippen LogP contribution in [-0.4, -0.2) is 11.7 Å². The minimum Gasteiger partial charge on any atom is -0.396 e. The summed E-state index contributed by atoms with van der Waals surface area (Å²) in [5.41, 5.74) is 0.646. The summed E-state index contributed by atoms with van der Waals surface area (Å²) < 4.78 is 13.6. The molecule has 0 saturated carbocycles.